The van der Waals surface area contributed by atoms with Gasteiger partial charge in [-0.15, -0.1) is 0 Å². The molecule has 0 spiro atoms. The predicted octanol–water partition coefficient (Wildman–Crippen LogP) is 3.28. The van der Waals surface area contributed by atoms with Crippen molar-refractivity contribution < 1.29 is 0 Å². The van der Waals surface area contributed by atoms with E-state index in [-0.39, 0.29) is 0 Å². The molecule has 2 nitrogen and oxygen atoms in total. The summed E-state index contributed by atoms with van der Waals surface area (Å²) in [5, 5.41) is 4.74. The standard InChI is InChI=1S/C13H24N2S/c1-10(2)8-12-9-16-13(15-12)14-7-6-11-4-3-5-11/h10-12H,3-9H2,1-2H3,(H,14,15). The number of aliphatic imine (C=N–C) groups is 1. The molecule has 0 bridgehead atoms. The van der Waals surface area contributed by atoms with Crippen LogP contribution in [0.25, 0.3) is 0 Å². The summed E-state index contributed by atoms with van der Waals surface area (Å²) in [7, 11) is 0. The van der Waals surface area contributed by atoms with Crippen LogP contribution in [0.15, 0.2) is 4.99 Å². The fourth-order valence-electron chi connectivity index (χ4n) is 2.35. The van der Waals surface area contributed by atoms with Gasteiger partial charge in [0.1, 0.15) is 0 Å². The summed E-state index contributed by atoms with van der Waals surface area (Å²) in [4.78, 5) is 4.67. The molecule has 16 heavy (non-hydrogen) atoms. The molecule has 1 unspecified atom stereocenters. The van der Waals surface area contributed by atoms with Gasteiger partial charge in [-0.1, -0.05) is 44.9 Å². The molecule has 1 heterocycles. The Morgan fingerprint density at radius 2 is 2.25 bits per heavy atom. The van der Waals surface area contributed by atoms with E-state index in [2.05, 4.69) is 24.2 Å². The molecule has 2 fully saturated rings. The smallest absolute Gasteiger partial charge is 0.156 e. The summed E-state index contributed by atoms with van der Waals surface area (Å²) in [5.41, 5.74) is 0. The van der Waals surface area contributed by atoms with Crippen molar-refractivity contribution in [2.45, 2.75) is 52.0 Å². The van der Waals surface area contributed by atoms with Crippen molar-refractivity contribution in [1.82, 2.24) is 5.32 Å². The van der Waals surface area contributed by atoms with E-state index in [9.17, 15) is 0 Å². The zero-order chi connectivity index (χ0) is 11.4. The van der Waals surface area contributed by atoms with Crippen LogP contribution < -0.4 is 5.32 Å². The topological polar surface area (TPSA) is 24.4 Å². The van der Waals surface area contributed by atoms with Crippen LogP contribution in [-0.2, 0) is 0 Å². The number of hydrogen-bond acceptors (Lipinski definition) is 2. The van der Waals surface area contributed by atoms with Gasteiger partial charge in [0.25, 0.3) is 0 Å². The molecule has 1 saturated carbocycles. The van der Waals surface area contributed by atoms with Crippen LogP contribution >= 0.6 is 11.8 Å². The van der Waals surface area contributed by atoms with E-state index in [1.807, 2.05) is 11.8 Å². The first-order valence-electron chi connectivity index (χ1n) is 6.68. The Labute approximate surface area is 104 Å². The summed E-state index contributed by atoms with van der Waals surface area (Å²) in [5.74, 6) is 2.98. The van der Waals surface area contributed by atoms with Crippen LogP contribution in [0.5, 0.6) is 0 Å². The van der Waals surface area contributed by atoms with Gasteiger partial charge < -0.3 is 5.32 Å². The third-order valence-corrected chi connectivity index (χ3v) is 4.61. The Morgan fingerprint density at radius 3 is 2.88 bits per heavy atom. The van der Waals surface area contributed by atoms with Crippen LogP contribution in [0.2, 0.25) is 0 Å². The van der Waals surface area contributed by atoms with E-state index in [1.54, 1.807) is 0 Å². The highest BCUT2D eigenvalue weighted by Gasteiger charge is 2.21. The molecular weight excluding hydrogens is 216 g/mol. The SMILES string of the molecule is CC(C)CC1CSC(=NCCC2CCC2)N1. The molecule has 1 aliphatic carbocycles. The van der Waals surface area contributed by atoms with Gasteiger partial charge in [0.2, 0.25) is 0 Å². The molecule has 92 valence electrons. The van der Waals surface area contributed by atoms with Gasteiger partial charge in [-0.3, -0.25) is 4.99 Å². The van der Waals surface area contributed by atoms with E-state index in [0.29, 0.717) is 6.04 Å². The van der Waals surface area contributed by atoms with Gasteiger partial charge >= 0.3 is 0 Å². The molecule has 1 atom stereocenters. The average Bonchev–Trinajstić information content (AvgIpc) is 2.56. The van der Waals surface area contributed by atoms with E-state index in [1.165, 1.54) is 43.0 Å². The fraction of sp³-hybridized carbons (Fsp3) is 0.923. The highest BCUT2D eigenvalue weighted by molar-refractivity contribution is 8.14. The molecule has 0 aromatic heterocycles. The third kappa shape index (κ3) is 3.69. The Kier molecular flexibility index (Phi) is 4.56. The number of thioether (sulfide) groups is 1. The number of amidine groups is 1. The minimum Gasteiger partial charge on any atom is -0.361 e. The molecule has 3 heteroatoms. The Hall–Kier alpha value is -0.180. The summed E-state index contributed by atoms with van der Waals surface area (Å²) in [6, 6.07) is 0.660. The first-order chi connectivity index (χ1) is 7.74. The molecule has 1 saturated heterocycles. The first kappa shape index (κ1) is 12.3. The maximum Gasteiger partial charge on any atom is 0.156 e. The molecule has 1 aliphatic heterocycles. The third-order valence-electron chi connectivity index (χ3n) is 3.52. The fourth-order valence-corrected chi connectivity index (χ4v) is 3.37. The Balaban J connectivity index is 1.64. The van der Waals surface area contributed by atoms with Crippen molar-refractivity contribution in [2.75, 3.05) is 12.3 Å². The molecular formula is C13H24N2S. The molecule has 0 aromatic rings. The molecule has 0 radical (unpaired) electrons. The zero-order valence-electron chi connectivity index (χ0n) is 10.5. The van der Waals surface area contributed by atoms with Crippen molar-refractivity contribution in [3.8, 4) is 0 Å². The summed E-state index contributed by atoms with van der Waals surface area (Å²) < 4.78 is 0. The van der Waals surface area contributed by atoms with Crippen molar-refractivity contribution in [2.24, 2.45) is 16.8 Å². The lowest BCUT2D eigenvalue weighted by Gasteiger charge is -2.24. The monoisotopic (exact) mass is 240 g/mol. The lowest BCUT2D eigenvalue weighted by molar-refractivity contribution is 0.300. The van der Waals surface area contributed by atoms with Gasteiger partial charge in [-0.25, -0.2) is 0 Å². The van der Waals surface area contributed by atoms with Crippen LogP contribution in [-0.4, -0.2) is 23.5 Å². The highest BCUT2D eigenvalue weighted by atomic mass is 32.2. The van der Waals surface area contributed by atoms with Crippen molar-refractivity contribution >= 4 is 16.9 Å². The lowest BCUT2D eigenvalue weighted by atomic mass is 9.83. The maximum absolute atomic E-state index is 4.67. The van der Waals surface area contributed by atoms with Crippen molar-refractivity contribution in [3.63, 3.8) is 0 Å². The summed E-state index contributed by atoms with van der Waals surface area (Å²) >= 11 is 1.91. The van der Waals surface area contributed by atoms with Crippen molar-refractivity contribution in [1.29, 1.82) is 0 Å². The minimum atomic E-state index is 0.660. The number of hydrogen-bond donors (Lipinski definition) is 1. The van der Waals surface area contributed by atoms with Gasteiger partial charge in [-0.05, 0) is 24.7 Å². The quantitative estimate of drug-likeness (QED) is 0.797. The molecule has 2 rings (SSSR count). The van der Waals surface area contributed by atoms with Crippen LogP contribution in [0.1, 0.15) is 46.0 Å². The van der Waals surface area contributed by atoms with Crippen LogP contribution in [0, 0.1) is 11.8 Å². The predicted molar refractivity (Wildman–Crippen MR) is 73.1 cm³/mol. The van der Waals surface area contributed by atoms with Gasteiger partial charge in [0.15, 0.2) is 5.17 Å². The lowest BCUT2D eigenvalue weighted by Crippen LogP contribution is -2.28. The van der Waals surface area contributed by atoms with Gasteiger partial charge in [0.05, 0.1) is 0 Å². The molecule has 1 N–H and O–H groups in total. The summed E-state index contributed by atoms with van der Waals surface area (Å²) in [6.07, 6.45) is 6.92. The number of rotatable bonds is 5. The minimum absolute atomic E-state index is 0.660. The second kappa shape index (κ2) is 5.95. The van der Waals surface area contributed by atoms with Crippen molar-refractivity contribution in [3.05, 3.63) is 0 Å². The summed E-state index contributed by atoms with van der Waals surface area (Å²) in [6.45, 7) is 5.62. The van der Waals surface area contributed by atoms with E-state index in [4.69, 9.17) is 0 Å². The Bertz CT molecular complexity index is 246. The van der Waals surface area contributed by atoms with E-state index < -0.39 is 0 Å². The zero-order valence-corrected chi connectivity index (χ0v) is 11.4. The van der Waals surface area contributed by atoms with Gasteiger partial charge in [-0.2, -0.15) is 0 Å². The number of nitrogens with zero attached hydrogens (tertiary/aromatic N) is 1. The molecule has 0 amide bonds. The van der Waals surface area contributed by atoms with Crippen LogP contribution in [0.3, 0.4) is 0 Å². The second-order valence-electron chi connectivity index (χ2n) is 5.55. The van der Waals surface area contributed by atoms with E-state index in [0.717, 1.165) is 18.4 Å². The number of nitrogens with one attached hydrogen (secondary N) is 1. The largest absolute Gasteiger partial charge is 0.361 e. The molecule has 0 aromatic carbocycles. The first-order valence-corrected chi connectivity index (χ1v) is 7.66. The maximum atomic E-state index is 4.67. The normalized spacial score (nSPS) is 28.4. The van der Waals surface area contributed by atoms with Gasteiger partial charge in [0, 0.05) is 18.3 Å². The average molecular weight is 240 g/mol. The van der Waals surface area contributed by atoms with Crippen LogP contribution in [0.4, 0.5) is 0 Å². The molecule has 2 aliphatic rings. The van der Waals surface area contributed by atoms with E-state index >= 15 is 0 Å². The second-order valence-corrected chi connectivity index (χ2v) is 6.56. The Morgan fingerprint density at radius 1 is 1.44 bits per heavy atom. The highest BCUT2D eigenvalue weighted by Crippen LogP contribution is 2.29.